The number of carbonyl (C=O) groups is 2. The first-order chi connectivity index (χ1) is 10.5. The standard InChI is InChI=1S/C14H20ClN3O3S/c1-9-8-22-14(16-9)17-12(19)7-18(13(20)10(2)15)6-11-4-3-5-21-11/h8,10-11H,3-7H2,1-2H3,(H,16,17,19). The first-order valence-corrected chi connectivity index (χ1v) is 8.53. The molecule has 1 aromatic heterocycles. The van der Waals surface area contributed by atoms with Crippen LogP contribution in [-0.4, -0.2) is 52.9 Å². The number of alkyl halides is 1. The number of anilines is 1. The second-order valence-electron chi connectivity index (χ2n) is 5.31. The summed E-state index contributed by atoms with van der Waals surface area (Å²) in [6.07, 6.45) is 1.86. The molecule has 2 unspecified atom stereocenters. The van der Waals surface area contributed by atoms with Crippen LogP contribution >= 0.6 is 22.9 Å². The minimum atomic E-state index is -0.670. The van der Waals surface area contributed by atoms with Crippen molar-refractivity contribution in [3.8, 4) is 0 Å². The van der Waals surface area contributed by atoms with E-state index in [-0.39, 0.29) is 24.5 Å². The van der Waals surface area contributed by atoms with Gasteiger partial charge in [-0.3, -0.25) is 9.59 Å². The number of hydrogen-bond acceptors (Lipinski definition) is 5. The van der Waals surface area contributed by atoms with Gasteiger partial charge in [-0.2, -0.15) is 0 Å². The third-order valence-electron chi connectivity index (χ3n) is 3.30. The molecule has 2 rings (SSSR count). The van der Waals surface area contributed by atoms with Gasteiger partial charge in [0.2, 0.25) is 11.8 Å². The molecule has 0 aliphatic carbocycles. The molecule has 1 saturated heterocycles. The molecule has 1 N–H and O–H groups in total. The number of carbonyl (C=O) groups excluding carboxylic acids is 2. The average Bonchev–Trinajstić information content (AvgIpc) is 3.09. The molecule has 2 heterocycles. The lowest BCUT2D eigenvalue weighted by atomic mass is 10.2. The van der Waals surface area contributed by atoms with Gasteiger partial charge in [0.05, 0.1) is 11.8 Å². The van der Waals surface area contributed by atoms with Crippen LogP contribution in [0.1, 0.15) is 25.5 Å². The number of ether oxygens (including phenoxy) is 1. The van der Waals surface area contributed by atoms with E-state index in [0.29, 0.717) is 18.3 Å². The highest BCUT2D eigenvalue weighted by Crippen LogP contribution is 2.16. The Morgan fingerprint density at radius 2 is 2.41 bits per heavy atom. The molecule has 0 saturated carbocycles. The van der Waals surface area contributed by atoms with Crippen LogP contribution in [-0.2, 0) is 14.3 Å². The summed E-state index contributed by atoms with van der Waals surface area (Å²) in [7, 11) is 0. The highest BCUT2D eigenvalue weighted by atomic mass is 35.5. The molecule has 2 amide bonds. The Morgan fingerprint density at radius 3 is 2.95 bits per heavy atom. The Kier molecular flexibility index (Phi) is 6.16. The zero-order valence-corrected chi connectivity index (χ0v) is 14.2. The Hall–Kier alpha value is -1.18. The molecule has 0 spiro atoms. The van der Waals surface area contributed by atoms with Crippen LogP contribution in [0, 0.1) is 6.92 Å². The van der Waals surface area contributed by atoms with E-state index in [2.05, 4.69) is 10.3 Å². The first-order valence-electron chi connectivity index (χ1n) is 7.22. The van der Waals surface area contributed by atoms with Crippen LogP contribution in [0.25, 0.3) is 0 Å². The summed E-state index contributed by atoms with van der Waals surface area (Å²) < 4.78 is 5.54. The number of aryl methyl sites for hydroxylation is 1. The van der Waals surface area contributed by atoms with Crippen LogP contribution in [0.4, 0.5) is 5.13 Å². The van der Waals surface area contributed by atoms with E-state index >= 15 is 0 Å². The van der Waals surface area contributed by atoms with Gasteiger partial charge in [-0.25, -0.2) is 4.98 Å². The summed E-state index contributed by atoms with van der Waals surface area (Å²) >= 11 is 7.24. The molecule has 6 nitrogen and oxygen atoms in total. The molecule has 0 radical (unpaired) electrons. The summed E-state index contributed by atoms with van der Waals surface area (Å²) in [6.45, 7) is 4.51. The number of nitrogens with zero attached hydrogens (tertiary/aromatic N) is 2. The fraction of sp³-hybridized carbons (Fsp3) is 0.643. The third-order valence-corrected chi connectivity index (χ3v) is 4.36. The number of nitrogens with one attached hydrogen (secondary N) is 1. The van der Waals surface area contributed by atoms with Gasteiger partial charge >= 0.3 is 0 Å². The van der Waals surface area contributed by atoms with E-state index in [4.69, 9.17) is 16.3 Å². The summed E-state index contributed by atoms with van der Waals surface area (Å²) in [5, 5.41) is 4.42. The molecule has 8 heteroatoms. The minimum absolute atomic E-state index is 0.0192. The fourth-order valence-corrected chi connectivity index (χ4v) is 3.10. The van der Waals surface area contributed by atoms with Crippen molar-refractivity contribution in [1.29, 1.82) is 0 Å². The van der Waals surface area contributed by atoms with Crippen molar-refractivity contribution in [2.45, 2.75) is 38.2 Å². The van der Waals surface area contributed by atoms with Gasteiger partial charge in [0, 0.05) is 18.5 Å². The molecule has 122 valence electrons. The monoisotopic (exact) mass is 345 g/mol. The van der Waals surface area contributed by atoms with Gasteiger partial charge in [0.1, 0.15) is 11.9 Å². The molecule has 1 aliphatic heterocycles. The highest BCUT2D eigenvalue weighted by molar-refractivity contribution is 7.13. The number of halogens is 1. The van der Waals surface area contributed by atoms with Crippen molar-refractivity contribution < 1.29 is 14.3 Å². The van der Waals surface area contributed by atoms with Crippen molar-refractivity contribution in [3.63, 3.8) is 0 Å². The van der Waals surface area contributed by atoms with E-state index in [9.17, 15) is 9.59 Å². The number of aromatic nitrogens is 1. The van der Waals surface area contributed by atoms with Crippen molar-refractivity contribution in [3.05, 3.63) is 11.1 Å². The number of hydrogen-bond donors (Lipinski definition) is 1. The lowest BCUT2D eigenvalue weighted by Gasteiger charge is -2.25. The molecule has 1 aromatic rings. The normalized spacial score (nSPS) is 19.0. The molecule has 0 aromatic carbocycles. The van der Waals surface area contributed by atoms with E-state index in [1.54, 1.807) is 6.92 Å². The maximum absolute atomic E-state index is 12.2. The third kappa shape index (κ3) is 4.93. The molecule has 0 bridgehead atoms. The van der Waals surface area contributed by atoms with Gasteiger partial charge in [0.25, 0.3) is 0 Å². The maximum Gasteiger partial charge on any atom is 0.245 e. The SMILES string of the molecule is Cc1csc(NC(=O)CN(CC2CCCO2)C(=O)C(C)Cl)n1. The molecule has 1 fully saturated rings. The number of amides is 2. The molecule has 1 aliphatic rings. The Labute approximate surface area is 138 Å². The van der Waals surface area contributed by atoms with Crippen LogP contribution in [0.15, 0.2) is 5.38 Å². The Balaban J connectivity index is 1.95. The lowest BCUT2D eigenvalue weighted by Crippen LogP contribution is -2.44. The predicted molar refractivity (Wildman–Crippen MR) is 86.3 cm³/mol. The zero-order chi connectivity index (χ0) is 16.1. The van der Waals surface area contributed by atoms with Crippen molar-refractivity contribution in [2.75, 3.05) is 25.0 Å². The van der Waals surface area contributed by atoms with Gasteiger partial charge in [-0.05, 0) is 26.7 Å². The van der Waals surface area contributed by atoms with Gasteiger partial charge < -0.3 is 15.0 Å². The van der Waals surface area contributed by atoms with E-state index in [1.165, 1.54) is 16.2 Å². The van der Waals surface area contributed by atoms with Crippen LogP contribution in [0.2, 0.25) is 0 Å². The Morgan fingerprint density at radius 1 is 1.64 bits per heavy atom. The van der Waals surface area contributed by atoms with Crippen LogP contribution < -0.4 is 5.32 Å². The first kappa shape index (κ1) is 17.2. The average molecular weight is 346 g/mol. The largest absolute Gasteiger partial charge is 0.376 e. The molecule has 2 atom stereocenters. The van der Waals surface area contributed by atoms with E-state index < -0.39 is 5.38 Å². The molecule has 22 heavy (non-hydrogen) atoms. The zero-order valence-electron chi connectivity index (χ0n) is 12.7. The van der Waals surface area contributed by atoms with Crippen molar-refractivity contribution >= 4 is 39.9 Å². The second kappa shape index (κ2) is 7.89. The molecular weight excluding hydrogens is 326 g/mol. The highest BCUT2D eigenvalue weighted by Gasteiger charge is 2.26. The van der Waals surface area contributed by atoms with E-state index in [0.717, 1.165) is 18.5 Å². The van der Waals surface area contributed by atoms with Crippen molar-refractivity contribution in [2.24, 2.45) is 0 Å². The minimum Gasteiger partial charge on any atom is -0.376 e. The molecular formula is C14H20ClN3O3S. The van der Waals surface area contributed by atoms with E-state index in [1.807, 2.05) is 12.3 Å². The van der Waals surface area contributed by atoms with Gasteiger partial charge in [-0.15, -0.1) is 22.9 Å². The summed E-state index contributed by atoms with van der Waals surface area (Å²) in [4.78, 5) is 29.9. The van der Waals surface area contributed by atoms with Crippen molar-refractivity contribution in [1.82, 2.24) is 9.88 Å². The summed E-state index contributed by atoms with van der Waals surface area (Å²) in [5.41, 5.74) is 0.849. The van der Waals surface area contributed by atoms with Gasteiger partial charge in [-0.1, -0.05) is 0 Å². The number of rotatable bonds is 6. The quantitative estimate of drug-likeness (QED) is 0.801. The number of thiazole rings is 1. The second-order valence-corrected chi connectivity index (χ2v) is 6.82. The smallest absolute Gasteiger partial charge is 0.245 e. The van der Waals surface area contributed by atoms with Gasteiger partial charge in [0.15, 0.2) is 5.13 Å². The Bertz CT molecular complexity index is 529. The summed E-state index contributed by atoms with van der Waals surface area (Å²) in [5.74, 6) is -0.541. The fourth-order valence-electron chi connectivity index (χ4n) is 2.26. The lowest BCUT2D eigenvalue weighted by molar-refractivity contribution is -0.135. The van der Waals surface area contributed by atoms with Crippen LogP contribution in [0.5, 0.6) is 0 Å². The van der Waals surface area contributed by atoms with Crippen LogP contribution in [0.3, 0.4) is 0 Å². The summed E-state index contributed by atoms with van der Waals surface area (Å²) in [6, 6.07) is 0. The predicted octanol–water partition coefficient (Wildman–Crippen LogP) is 2.02. The topological polar surface area (TPSA) is 71.5 Å². The maximum atomic E-state index is 12.2.